The van der Waals surface area contributed by atoms with Crippen LogP contribution < -0.4 is 5.32 Å². The van der Waals surface area contributed by atoms with E-state index in [-0.39, 0.29) is 12.5 Å². The summed E-state index contributed by atoms with van der Waals surface area (Å²) < 4.78 is 4.66. The summed E-state index contributed by atoms with van der Waals surface area (Å²) in [5, 5.41) is 11.6. The molecule has 1 aromatic carbocycles. The molecule has 5 nitrogen and oxygen atoms in total. The lowest BCUT2D eigenvalue weighted by molar-refractivity contribution is -0.114. The summed E-state index contributed by atoms with van der Waals surface area (Å²) in [6.45, 7) is 2.91. The van der Waals surface area contributed by atoms with Gasteiger partial charge >= 0.3 is 5.97 Å². The Morgan fingerprint density at radius 2 is 2.06 bits per heavy atom. The highest BCUT2D eigenvalue weighted by Gasteiger charge is 2.16. The van der Waals surface area contributed by atoms with E-state index in [9.17, 15) is 9.59 Å². The molecule has 5 heteroatoms. The van der Waals surface area contributed by atoms with Crippen LogP contribution in [0.5, 0.6) is 0 Å². The average Bonchev–Trinajstić information content (AvgIpc) is 2.26. The van der Waals surface area contributed by atoms with Gasteiger partial charge in [-0.2, -0.15) is 0 Å². The molecular formula is C12H15NO4. The fraction of sp³-hybridized carbons (Fsp3) is 0.333. The van der Waals surface area contributed by atoms with Crippen LogP contribution in [0.3, 0.4) is 0 Å². The number of carbonyl (C=O) groups is 2. The average molecular weight is 237 g/mol. The number of benzene rings is 1. The van der Waals surface area contributed by atoms with Crippen molar-refractivity contribution in [3.8, 4) is 0 Å². The molecule has 1 rings (SSSR count). The van der Waals surface area contributed by atoms with E-state index in [1.54, 1.807) is 19.1 Å². The molecule has 0 fully saturated rings. The van der Waals surface area contributed by atoms with Crippen LogP contribution in [0.1, 0.15) is 28.4 Å². The Balaban J connectivity index is 3.33. The molecule has 2 N–H and O–H groups in total. The largest absolute Gasteiger partial charge is 0.465 e. The van der Waals surface area contributed by atoms with Gasteiger partial charge in [0.25, 0.3) is 0 Å². The van der Waals surface area contributed by atoms with Crippen molar-refractivity contribution in [2.45, 2.75) is 20.5 Å². The molecule has 1 amide bonds. The predicted molar refractivity (Wildman–Crippen MR) is 62.7 cm³/mol. The van der Waals surface area contributed by atoms with Gasteiger partial charge in [0.05, 0.1) is 25.0 Å². The van der Waals surface area contributed by atoms with Gasteiger partial charge in [-0.3, -0.25) is 4.79 Å². The summed E-state index contributed by atoms with van der Waals surface area (Å²) in [6.07, 6.45) is 0. The number of methoxy groups -OCH3 is 1. The molecule has 0 atom stereocenters. The van der Waals surface area contributed by atoms with Gasteiger partial charge in [-0.05, 0) is 24.1 Å². The Morgan fingerprint density at radius 1 is 1.41 bits per heavy atom. The first-order valence-electron chi connectivity index (χ1n) is 5.10. The quantitative estimate of drug-likeness (QED) is 0.775. The smallest absolute Gasteiger partial charge is 0.340 e. The lowest BCUT2D eigenvalue weighted by atomic mass is 10.0. The Bertz CT molecular complexity index is 454. The monoisotopic (exact) mass is 237 g/mol. The van der Waals surface area contributed by atoms with E-state index < -0.39 is 5.97 Å². The van der Waals surface area contributed by atoms with E-state index in [1.807, 2.05) is 0 Å². The van der Waals surface area contributed by atoms with E-state index in [2.05, 4.69) is 10.1 Å². The zero-order chi connectivity index (χ0) is 13.0. The molecule has 0 aliphatic rings. The molecule has 0 aliphatic carbocycles. The first-order chi connectivity index (χ1) is 7.99. The third kappa shape index (κ3) is 3.04. The third-order valence-electron chi connectivity index (χ3n) is 2.28. The van der Waals surface area contributed by atoms with Crippen molar-refractivity contribution < 1.29 is 19.4 Å². The second-order valence-corrected chi connectivity index (χ2v) is 3.67. The minimum atomic E-state index is -0.518. The molecule has 0 heterocycles. The molecule has 0 radical (unpaired) electrons. The van der Waals surface area contributed by atoms with Crippen molar-refractivity contribution in [1.82, 2.24) is 0 Å². The summed E-state index contributed by atoms with van der Waals surface area (Å²) in [5.74, 6) is -0.805. The molecule has 0 aliphatic heterocycles. The van der Waals surface area contributed by atoms with Gasteiger partial charge in [0.2, 0.25) is 5.91 Å². The first-order valence-corrected chi connectivity index (χ1v) is 5.10. The number of nitrogens with one attached hydrogen (secondary N) is 1. The van der Waals surface area contributed by atoms with Crippen molar-refractivity contribution in [1.29, 1.82) is 0 Å². The molecule has 1 aromatic rings. The number of esters is 1. The summed E-state index contributed by atoms with van der Waals surface area (Å²) in [5.41, 5.74) is 1.93. The van der Waals surface area contributed by atoms with Crippen LogP contribution in [0.25, 0.3) is 0 Å². The summed E-state index contributed by atoms with van der Waals surface area (Å²) in [4.78, 5) is 22.7. The van der Waals surface area contributed by atoms with Crippen LogP contribution in [0.4, 0.5) is 5.69 Å². The number of ether oxygens (including phenoxy) is 1. The Kier molecular flexibility index (Phi) is 4.23. The van der Waals surface area contributed by atoms with Gasteiger partial charge in [-0.1, -0.05) is 6.07 Å². The maximum absolute atomic E-state index is 11.6. The van der Waals surface area contributed by atoms with Gasteiger partial charge in [0.15, 0.2) is 0 Å². The standard InChI is InChI=1S/C12H15NO4/c1-7-4-9(6-14)5-10(13-8(2)15)11(7)12(16)17-3/h4-5,14H,6H2,1-3H3,(H,13,15). The zero-order valence-corrected chi connectivity index (χ0v) is 10.0. The van der Waals surface area contributed by atoms with Crippen LogP contribution in [0.2, 0.25) is 0 Å². The second kappa shape index (κ2) is 5.45. The Hall–Kier alpha value is -1.88. The van der Waals surface area contributed by atoms with Crippen LogP contribution in [-0.4, -0.2) is 24.1 Å². The lowest BCUT2D eigenvalue weighted by Gasteiger charge is -2.13. The number of aryl methyl sites for hydroxylation is 1. The summed E-state index contributed by atoms with van der Waals surface area (Å²) in [6, 6.07) is 3.23. The Morgan fingerprint density at radius 3 is 2.53 bits per heavy atom. The van der Waals surface area contributed by atoms with E-state index in [1.165, 1.54) is 14.0 Å². The minimum absolute atomic E-state index is 0.158. The topological polar surface area (TPSA) is 75.6 Å². The maximum atomic E-state index is 11.6. The number of aliphatic hydroxyl groups excluding tert-OH is 1. The van der Waals surface area contributed by atoms with Gasteiger partial charge in [-0.15, -0.1) is 0 Å². The maximum Gasteiger partial charge on any atom is 0.340 e. The van der Waals surface area contributed by atoms with Crippen molar-refractivity contribution in [2.24, 2.45) is 0 Å². The van der Waals surface area contributed by atoms with Gasteiger partial charge in [0.1, 0.15) is 0 Å². The molecule has 92 valence electrons. The highest BCUT2D eigenvalue weighted by atomic mass is 16.5. The third-order valence-corrected chi connectivity index (χ3v) is 2.28. The normalized spacial score (nSPS) is 9.88. The number of aliphatic hydroxyl groups is 1. The van der Waals surface area contributed by atoms with Gasteiger partial charge < -0.3 is 15.2 Å². The molecule has 0 aromatic heterocycles. The van der Waals surface area contributed by atoms with E-state index >= 15 is 0 Å². The van der Waals surface area contributed by atoms with Crippen LogP contribution in [0.15, 0.2) is 12.1 Å². The van der Waals surface area contributed by atoms with E-state index in [4.69, 9.17) is 5.11 Å². The van der Waals surface area contributed by atoms with Crippen molar-refractivity contribution in [2.75, 3.05) is 12.4 Å². The predicted octanol–water partition coefficient (Wildman–Crippen LogP) is 1.23. The molecule has 17 heavy (non-hydrogen) atoms. The van der Waals surface area contributed by atoms with Crippen LogP contribution in [0, 0.1) is 6.92 Å². The van der Waals surface area contributed by atoms with Crippen molar-refractivity contribution >= 4 is 17.6 Å². The highest BCUT2D eigenvalue weighted by molar-refractivity contribution is 6.02. The first kappa shape index (κ1) is 13.2. The van der Waals surface area contributed by atoms with E-state index in [0.717, 1.165) is 0 Å². The summed E-state index contributed by atoms with van der Waals surface area (Å²) >= 11 is 0. The fourth-order valence-electron chi connectivity index (χ4n) is 1.61. The molecule has 0 unspecified atom stereocenters. The minimum Gasteiger partial charge on any atom is -0.465 e. The van der Waals surface area contributed by atoms with Crippen molar-refractivity contribution in [3.63, 3.8) is 0 Å². The summed E-state index contributed by atoms with van der Waals surface area (Å²) in [7, 11) is 1.28. The Labute approximate surface area is 99.4 Å². The molecule has 0 spiro atoms. The zero-order valence-electron chi connectivity index (χ0n) is 10.0. The van der Waals surface area contributed by atoms with Crippen LogP contribution in [-0.2, 0) is 16.1 Å². The lowest BCUT2D eigenvalue weighted by Crippen LogP contribution is -2.14. The number of carbonyl (C=O) groups excluding carboxylic acids is 2. The van der Waals surface area contributed by atoms with Gasteiger partial charge in [0, 0.05) is 6.92 Å². The van der Waals surface area contributed by atoms with E-state index in [0.29, 0.717) is 22.4 Å². The van der Waals surface area contributed by atoms with Crippen LogP contribution >= 0.6 is 0 Å². The number of amides is 1. The number of hydrogen-bond acceptors (Lipinski definition) is 4. The van der Waals surface area contributed by atoms with Gasteiger partial charge in [-0.25, -0.2) is 4.79 Å². The second-order valence-electron chi connectivity index (χ2n) is 3.67. The number of anilines is 1. The molecule has 0 saturated carbocycles. The molecule has 0 bridgehead atoms. The SMILES string of the molecule is COC(=O)c1c(C)cc(CO)cc1NC(C)=O. The molecule has 0 saturated heterocycles. The van der Waals surface area contributed by atoms with Crippen molar-refractivity contribution in [3.05, 3.63) is 28.8 Å². The number of rotatable bonds is 3. The highest BCUT2D eigenvalue weighted by Crippen LogP contribution is 2.23. The number of hydrogen-bond donors (Lipinski definition) is 2. The fourth-order valence-corrected chi connectivity index (χ4v) is 1.61. The molecular weight excluding hydrogens is 222 g/mol.